The van der Waals surface area contributed by atoms with E-state index in [9.17, 15) is 34.8 Å². The molecule has 0 N–H and O–H groups in total. The van der Waals surface area contributed by atoms with Crippen LogP contribution in [0.3, 0.4) is 0 Å². The molecule has 0 fully saturated rings. The molecule has 29 heavy (non-hydrogen) atoms. The van der Waals surface area contributed by atoms with Crippen LogP contribution in [0.4, 0.5) is 26.3 Å². The van der Waals surface area contributed by atoms with Crippen molar-refractivity contribution in [3.63, 3.8) is 0 Å². The number of allylic oxidation sites excluding steroid dienone is 2. The van der Waals surface area contributed by atoms with Crippen LogP contribution in [0.25, 0.3) is 0 Å². The van der Waals surface area contributed by atoms with E-state index in [0.717, 1.165) is 12.4 Å². The van der Waals surface area contributed by atoms with Crippen LogP contribution in [0.15, 0.2) is 36.2 Å². The minimum atomic E-state index is -4.84. The molecule has 2 rings (SSSR count). The molecular formula is C14H8Cl2F6N2O2S3. The van der Waals surface area contributed by atoms with Gasteiger partial charge in [-0.2, -0.15) is 17.6 Å². The third-order valence-corrected chi connectivity index (χ3v) is 8.60. The summed E-state index contributed by atoms with van der Waals surface area (Å²) in [6, 6.07) is 0. The summed E-state index contributed by atoms with van der Waals surface area (Å²) in [5, 5.41) is -4.84. The molecule has 0 amide bonds. The van der Waals surface area contributed by atoms with E-state index in [1.807, 2.05) is 0 Å². The summed E-state index contributed by atoms with van der Waals surface area (Å²) in [5.41, 5.74) is 0. The first-order valence-corrected chi connectivity index (χ1v) is 11.3. The molecule has 2 atom stereocenters. The largest absolute Gasteiger partial charge is 0.301 e. The number of hydrogen-bond acceptors (Lipinski definition) is 6. The van der Waals surface area contributed by atoms with Crippen LogP contribution >= 0.6 is 45.9 Å². The van der Waals surface area contributed by atoms with Crippen LogP contribution in [-0.2, 0) is 9.84 Å². The Labute approximate surface area is 178 Å². The fraction of sp³-hybridized carbons (Fsp3) is 0.286. The van der Waals surface area contributed by atoms with Gasteiger partial charge in [0.05, 0.1) is 12.4 Å². The summed E-state index contributed by atoms with van der Waals surface area (Å²) in [5.74, 6) is -4.10. The molecule has 0 aromatic carbocycles. The second kappa shape index (κ2) is 9.77. The molecule has 4 nitrogen and oxygen atoms in total. The van der Waals surface area contributed by atoms with E-state index < -0.39 is 57.0 Å². The molecule has 2 heterocycles. The van der Waals surface area contributed by atoms with Gasteiger partial charge in [0.25, 0.3) is 0 Å². The highest BCUT2D eigenvalue weighted by Gasteiger charge is 2.41. The van der Waals surface area contributed by atoms with Crippen LogP contribution < -0.4 is 0 Å². The van der Waals surface area contributed by atoms with E-state index in [4.69, 9.17) is 23.2 Å². The Kier molecular flexibility index (Phi) is 8.13. The number of nitrogens with zero attached hydrogens (tertiary/aromatic N) is 2. The number of halogens is 8. The highest BCUT2D eigenvalue weighted by atomic mass is 35.5. The van der Waals surface area contributed by atoms with Crippen LogP contribution in [0.2, 0.25) is 8.67 Å². The second-order valence-corrected chi connectivity index (χ2v) is 11.0. The molecule has 0 spiro atoms. The molecule has 0 radical (unpaired) electrons. The lowest BCUT2D eigenvalue weighted by Crippen LogP contribution is -2.22. The van der Waals surface area contributed by atoms with Crippen molar-refractivity contribution in [2.45, 2.75) is 23.3 Å². The lowest BCUT2D eigenvalue weighted by molar-refractivity contribution is 0.366. The number of hydrogen-bond donors (Lipinski definition) is 0. The molecule has 2 aromatic heterocycles. The van der Waals surface area contributed by atoms with Gasteiger partial charge < -0.3 is 0 Å². The Balaban J connectivity index is 2.62. The van der Waals surface area contributed by atoms with Crippen molar-refractivity contribution in [3.05, 3.63) is 54.9 Å². The van der Waals surface area contributed by atoms with Crippen molar-refractivity contribution in [3.8, 4) is 0 Å². The van der Waals surface area contributed by atoms with E-state index in [2.05, 4.69) is 9.97 Å². The van der Waals surface area contributed by atoms with E-state index in [-0.39, 0.29) is 18.7 Å². The first kappa shape index (κ1) is 24.1. The average molecular weight is 517 g/mol. The fourth-order valence-electron chi connectivity index (χ4n) is 2.20. The maximum Gasteiger partial charge on any atom is 0.301 e. The first-order chi connectivity index (χ1) is 13.4. The molecule has 2 unspecified atom stereocenters. The van der Waals surface area contributed by atoms with Gasteiger partial charge in [0, 0.05) is 12.8 Å². The van der Waals surface area contributed by atoms with Gasteiger partial charge in [-0.15, -0.1) is 22.7 Å². The molecule has 0 aliphatic rings. The Morgan fingerprint density at radius 2 is 1.17 bits per heavy atom. The SMILES string of the molecule is O=S(=O)(C(CC(F)=C(F)F)c1ncc(Cl)s1)C(CC(F)=C(F)F)c1ncc(Cl)s1. The Morgan fingerprint density at radius 3 is 1.41 bits per heavy atom. The van der Waals surface area contributed by atoms with Crippen molar-refractivity contribution in [2.75, 3.05) is 0 Å². The first-order valence-electron chi connectivity index (χ1n) is 7.28. The van der Waals surface area contributed by atoms with E-state index in [1.165, 1.54) is 0 Å². The smallest absolute Gasteiger partial charge is 0.247 e. The van der Waals surface area contributed by atoms with Crippen molar-refractivity contribution in [1.29, 1.82) is 0 Å². The number of sulfone groups is 1. The highest BCUT2D eigenvalue weighted by molar-refractivity contribution is 7.92. The summed E-state index contributed by atoms with van der Waals surface area (Å²) in [4.78, 5) is 7.33. The van der Waals surface area contributed by atoms with Gasteiger partial charge in [0.15, 0.2) is 21.5 Å². The van der Waals surface area contributed by atoms with Gasteiger partial charge in [0.2, 0.25) is 0 Å². The van der Waals surface area contributed by atoms with E-state index in [0.29, 0.717) is 22.7 Å². The molecule has 0 aliphatic carbocycles. The van der Waals surface area contributed by atoms with Crippen LogP contribution in [0.5, 0.6) is 0 Å². The summed E-state index contributed by atoms with van der Waals surface area (Å²) in [6.45, 7) is 0. The highest BCUT2D eigenvalue weighted by Crippen LogP contribution is 2.45. The van der Waals surface area contributed by atoms with Crippen LogP contribution in [0.1, 0.15) is 33.4 Å². The second-order valence-electron chi connectivity index (χ2n) is 5.31. The number of thiazole rings is 2. The summed E-state index contributed by atoms with van der Waals surface area (Å²) >= 11 is 12.5. The van der Waals surface area contributed by atoms with Gasteiger partial charge >= 0.3 is 12.2 Å². The molecule has 0 saturated carbocycles. The van der Waals surface area contributed by atoms with Crippen molar-refractivity contribution < 1.29 is 34.8 Å². The maximum atomic E-state index is 13.6. The van der Waals surface area contributed by atoms with Gasteiger partial charge in [-0.05, 0) is 0 Å². The third kappa shape index (κ3) is 5.94. The lowest BCUT2D eigenvalue weighted by atomic mass is 10.3. The molecule has 0 saturated heterocycles. The van der Waals surface area contributed by atoms with Gasteiger partial charge in [-0.3, -0.25) is 0 Å². The molecule has 2 aromatic rings. The van der Waals surface area contributed by atoms with E-state index in [1.54, 1.807) is 0 Å². The summed E-state index contributed by atoms with van der Waals surface area (Å²) < 4.78 is 104. The monoisotopic (exact) mass is 516 g/mol. The lowest BCUT2D eigenvalue weighted by Gasteiger charge is -2.21. The van der Waals surface area contributed by atoms with Crippen LogP contribution in [-0.4, -0.2) is 18.4 Å². The number of aromatic nitrogens is 2. The molecule has 0 bridgehead atoms. The predicted molar refractivity (Wildman–Crippen MR) is 98.6 cm³/mol. The Morgan fingerprint density at radius 1 is 0.828 bits per heavy atom. The Bertz CT molecular complexity index is 969. The fourth-order valence-corrected chi connectivity index (χ4v) is 6.95. The molecule has 160 valence electrons. The minimum absolute atomic E-state index is 0.0277. The predicted octanol–water partition coefficient (Wildman–Crippen LogP) is 7.04. The quantitative estimate of drug-likeness (QED) is 0.353. The normalized spacial score (nSPS) is 13.8. The van der Waals surface area contributed by atoms with E-state index >= 15 is 0 Å². The molecular weight excluding hydrogens is 509 g/mol. The minimum Gasteiger partial charge on any atom is -0.247 e. The van der Waals surface area contributed by atoms with Crippen molar-refractivity contribution >= 4 is 55.7 Å². The topological polar surface area (TPSA) is 59.9 Å². The zero-order valence-electron chi connectivity index (χ0n) is 13.7. The molecule has 15 heteroatoms. The molecule has 0 aliphatic heterocycles. The van der Waals surface area contributed by atoms with Crippen LogP contribution in [0, 0.1) is 0 Å². The standard InChI is InChI=1S/C14H8Cl2F6N2O2S3/c15-9-3-23-13(27-9)7(1-5(17)11(19)20)29(25,26)8(2-6(18)12(21)22)14-24-4-10(16)28-14/h3-4,7-8H,1-2H2. The Hall–Kier alpha value is -1.15. The number of rotatable bonds is 8. The van der Waals surface area contributed by atoms with Gasteiger partial charge in [-0.25, -0.2) is 27.2 Å². The van der Waals surface area contributed by atoms with Gasteiger partial charge in [0.1, 0.15) is 29.2 Å². The third-order valence-electron chi connectivity index (χ3n) is 3.47. The van der Waals surface area contributed by atoms with Crippen molar-refractivity contribution in [1.82, 2.24) is 9.97 Å². The summed E-state index contributed by atoms with van der Waals surface area (Å²) in [7, 11) is -4.84. The summed E-state index contributed by atoms with van der Waals surface area (Å²) in [6.07, 6.45) is -6.21. The zero-order chi connectivity index (χ0) is 21.9. The zero-order valence-corrected chi connectivity index (χ0v) is 17.6. The van der Waals surface area contributed by atoms with Crippen molar-refractivity contribution in [2.24, 2.45) is 0 Å². The maximum absolute atomic E-state index is 13.6. The van der Waals surface area contributed by atoms with Gasteiger partial charge in [-0.1, -0.05) is 23.2 Å². The average Bonchev–Trinajstić information content (AvgIpc) is 3.24.